The van der Waals surface area contributed by atoms with Crippen LogP contribution >= 0.6 is 15.9 Å². The zero-order chi connectivity index (χ0) is 13.1. The van der Waals surface area contributed by atoms with Crippen LogP contribution in [0, 0.1) is 5.82 Å². The Morgan fingerprint density at radius 3 is 2.53 bits per heavy atom. The molecule has 1 rings (SSSR count). The van der Waals surface area contributed by atoms with Crippen molar-refractivity contribution in [1.82, 2.24) is 0 Å². The lowest BCUT2D eigenvalue weighted by molar-refractivity contribution is -0.143. The van der Waals surface area contributed by atoms with Crippen molar-refractivity contribution >= 4 is 21.7 Å². The molecule has 6 heteroatoms. The van der Waals surface area contributed by atoms with E-state index in [-0.39, 0.29) is 6.42 Å². The molecule has 0 fully saturated rings. The summed E-state index contributed by atoms with van der Waals surface area (Å²) in [6.07, 6.45) is -6.26. The van der Waals surface area contributed by atoms with E-state index in [1.165, 1.54) is 12.1 Å². The minimum atomic E-state index is -4.34. The van der Waals surface area contributed by atoms with Gasteiger partial charge in [0, 0.05) is 17.3 Å². The fourth-order valence-electron chi connectivity index (χ4n) is 1.26. The number of Topliss-reactive ketones (excluding diaryl/α,β-unsaturated/α-hetero) is 1. The standard InChI is InChI=1S/C11H9BrF4O/c12-10-2-1-8(13)5-7(10)6-9(17)3-4-11(14,15)16/h1-2,5H,3-4,6H2. The van der Waals surface area contributed by atoms with Gasteiger partial charge < -0.3 is 0 Å². The van der Waals surface area contributed by atoms with Gasteiger partial charge in [0.15, 0.2) is 0 Å². The maximum atomic E-state index is 12.9. The van der Waals surface area contributed by atoms with E-state index >= 15 is 0 Å². The Labute approximate surface area is 104 Å². The van der Waals surface area contributed by atoms with Crippen LogP contribution in [0.4, 0.5) is 17.6 Å². The summed E-state index contributed by atoms with van der Waals surface area (Å²) in [4.78, 5) is 11.3. The lowest BCUT2D eigenvalue weighted by Crippen LogP contribution is -2.12. The van der Waals surface area contributed by atoms with Crippen LogP contribution in [0.25, 0.3) is 0 Å². The highest BCUT2D eigenvalue weighted by molar-refractivity contribution is 9.10. The Morgan fingerprint density at radius 1 is 1.29 bits per heavy atom. The zero-order valence-electron chi connectivity index (χ0n) is 8.65. The monoisotopic (exact) mass is 312 g/mol. The highest BCUT2D eigenvalue weighted by Gasteiger charge is 2.27. The molecule has 0 atom stereocenters. The molecule has 0 radical (unpaired) electrons. The second-order valence-electron chi connectivity index (χ2n) is 3.57. The van der Waals surface area contributed by atoms with Crippen LogP contribution < -0.4 is 0 Å². The minimum Gasteiger partial charge on any atom is -0.299 e. The van der Waals surface area contributed by atoms with Gasteiger partial charge in [-0.1, -0.05) is 15.9 Å². The molecule has 0 amide bonds. The van der Waals surface area contributed by atoms with Crippen LogP contribution in [0.5, 0.6) is 0 Å². The van der Waals surface area contributed by atoms with Crippen molar-refractivity contribution in [2.75, 3.05) is 0 Å². The lowest BCUT2D eigenvalue weighted by atomic mass is 10.1. The van der Waals surface area contributed by atoms with E-state index in [0.29, 0.717) is 10.0 Å². The van der Waals surface area contributed by atoms with E-state index in [9.17, 15) is 22.4 Å². The highest BCUT2D eigenvalue weighted by atomic mass is 79.9. The third-order valence-electron chi connectivity index (χ3n) is 2.08. The number of hydrogen-bond acceptors (Lipinski definition) is 1. The average Bonchev–Trinajstić information content (AvgIpc) is 2.20. The first-order valence-electron chi connectivity index (χ1n) is 4.80. The van der Waals surface area contributed by atoms with E-state index in [1.54, 1.807) is 0 Å². The van der Waals surface area contributed by atoms with Gasteiger partial charge in [0.1, 0.15) is 11.6 Å². The quantitative estimate of drug-likeness (QED) is 0.767. The molecule has 0 unspecified atom stereocenters. The average molecular weight is 313 g/mol. The predicted octanol–water partition coefficient (Wildman–Crippen LogP) is 4.04. The molecular weight excluding hydrogens is 304 g/mol. The van der Waals surface area contributed by atoms with Crippen molar-refractivity contribution < 1.29 is 22.4 Å². The molecule has 1 nitrogen and oxygen atoms in total. The topological polar surface area (TPSA) is 17.1 Å². The Bertz CT molecular complexity index is 414. The summed E-state index contributed by atoms with van der Waals surface area (Å²) in [6.45, 7) is 0. The summed E-state index contributed by atoms with van der Waals surface area (Å²) < 4.78 is 49.0. The SMILES string of the molecule is O=C(CCC(F)(F)F)Cc1cc(F)ccc1Br. The molecular formula is C11H9BrF4O. The number of alkyl halides is 3. The van der Waals surface area contributed by atoms with E-state index in [4.69, 9.17) is 0 Å². The Kier molecular flexibility index (Phi) is 4.68. The normalized spacial score (nSPS) is 11.6. The minimum absolute atomic E-state index is 0.200. The molecule has 0 saturated carbocycles. The molecule has 0 aliphatic rings. The molecule has 0 saturated heterocycles. The van der Waals surface area contributed by atoms with Gasteiger partial charge in [0.05, 0.1) is 6.42 Å². The molecule has 0 aromatic heterocycles. The summed E-state index contributed by atoms with van der Waals surface area (Å²) in [7, 11) is 0. The second-order valence-corrected chi connectivity index (χ2v) is 4.42. The first-order chi connectivity index (χ1) is 7.78. The lowest BCUT2D eigenvalue weighted by Gasteiger charge is -2.06. The van der Waals surface area contributed by atoms with Gasteiger partial charge in [-0.3, -0.25) is 4.79 Å². The number of carbonyl (C=O) groups excluding carboxylic acids is 1. The largest absolute Gasteiger partial charge is 0.389 e. The van der Waals surface area contributed by atoms with Gasteiger partial charge in [-0.05, 0) is 23.8 Å². The fourth-order valence-corrected chi connectivity index (χ4v) is 1.65. The Balaban J connectivity index is 2.59. The maximum Gasteiger partial charge on any atom is 0.389 e. The molecule has 0 aliphatic heterocycles. The fraction of sp³-hybridized carbons (Fsp3) is 0.364. The number of halogens is 5. The zero-order valence-corrected chi connectivity index (χ0v) is 10.2. The van der Waals surface area contributed by atoms with Crippen molar-refractivity contribution in [1.29, 1.82) is 0 Å². The van der Waals surface area contributed by atoms with Gasteiger partial charge in [-0.25, -0.2) is 4.39 Å². The second kappa shape index (κ2) is 5.62. The molecule has 0 heterocycles. The van der Waals surface area contributed by atoms with Gasteiger partial charge in [0.2, 0.25) is 0 Å². The molecule has 1 aromatic rings. The summed E-state index contributed by atoms with van der Waals surface area (Å²) in [5, 5.41) is 0. The summed E-state index contributed by atoms with van der Waals surface area (Å²) in [5.41, 5.74) is 0.358. The third kappa shape index (κ3) is 5.30. The van der Waals surface area contributed by atoms with Crippen LogP contribution in [0.15, 0.2) is 22.7 Å². The van der Waals surface area contributed by atoms with Gasteiger partial charge in [-0.2, -0.15) is 13.2 Å². The molecule has 17 heavy (non-hydrogen) atoms. The number of benzene rings is 1. The van der Waals surface area contributed by atoms with E-state index < -0.39 is 30.6 Å². The van der Waals surface area contributed by atoms with Gasteiger partial charge in [-0.15, -0.1) is 0 Å². The third-order valence-corrected chi connectivity index (χ3v) is 2.86. The van der Waals surface area contributed by atoms with E-state index in [0.717, 1.165) is 6.07 Å². The highest BCUT2D eigenvalue weighted by Crippen LogP contribution is 2.23. The molecule has 1 aromatic carbocycles. The number of carbonyl (C=O) groups is 1. The Morgan fingerprint density at radius 2 is 1.94 bits per heavy atom. The smallest absolute Gasteiger partial charge is 0.299 e. The summed E-state index contributed by atoms with van der Waals surface area (Å²) in [5.74, 6) is -1.08. The van der Waals surface area contributed by atoms with Gasteiger partial charge >= 0.3 is 6.18 Å². The predicted molar refractivity (Wildman–Crippen MR) is 58.1 cm³/mol. The van der Waals surface area contributed by atoms with Crippen LogP contribution in [-0.4, -0.2) is 12.0 Å². The van der Waals surface area contributed by atoms with Crippen LogP contribution in [0.2, 0.25) is 0 Å². The van der Waals surface area contributed by atoms with E-state index in [1.807, 2.05) is 0 Å². The number of rotatable bonds is 4. The van der Waals surface area contributed by atoms with Crippen molar-refractivity contribution in [3.63, 3.8) is 0 Å². The Hall–Kier alpha value is -0.910. The summed E-state index contributed by atoms with van der Waals surface area (Å²) in [6, 6.07) is 3.76. The first kappa shape index (κ1) is 14.2. The van der Waals surface area contributed by atoms with Crippen LogP contribution in [-0.2, 0) is 11.2 Å². The summed E-state index contributed by atoms with van der Waals surface area (Å²) >= 11 is 3.11. The molecule has 94 valence electrons. The van der Waals surface area contributed by atoms with E-state index in [2.05, 4.69) is 15.9 Å². The molecule has 0 N–H and O–H groups in total. The number of ketones is 1. The van der Waals surface area contributed by atoms with Crippen molar-refractivity contribution in [2.45, 2.75) is 25.4 Å². The van der Waals surface area contributed by atoms with Crippen LogP contribution in [0.3, 0.4) is 0 Å². The maximum absolute atomic E-state index is 12.9. The van der Waals surface area contributed by atoms with Crippen molar-refractivity contribution in [2.24, 2.45) is 0 Å². The van der Waals surface area contributed by atoms with Crippen LogP contribution in [0.1, 0.15) is 18.4 Å². The molecule has 0 spiro atoms. The van der Waals surface area contributed by atoms with Gasteiger partial charge in [0.25, 0.3) is 0 Å². The van der Waals surface area contributed by atoms with Crippen molar-refractivity contribution in [3.05, 3.63) is 34.1 Å². The molecule has 0 bridgehead atoms. The van der Waals surface area contributed by atoms with Crippen molar-refractivity contribution in [3.8, 4) is 0 Å². The first-order valence-corrected chi connectivity index (χ1v) is 5.59. The molecule has 0 aliphatic carbocycles. The number of hydrogen-bond donors (Lipinski definition) is 0.